The molecule has 0 aromatic rings. The number of amides is 1. The molecule has 1 atom stereocenters. The highest BCUT2D eigenvalue weighted by Gasteiger charge is 2.52. The van der Waals surface area contributed by atoms with Gasteiger partial charge in [0.2, 0.25) is 5.91 Å². The molecule has 4 rings (SSSR count). The summed E-state index contributed by atoms with van der Waals surface area (Å²) in [6.45, 7) is 4.71. The molecular weight excluding hydrogens is 266 g/mol. The van der Waals surface area contributed by atoms with E-state index >= 15 is 0 Å². The van der Waals surface area contributed by atoms with Gasteiger partial charge >= 0.3 is 0 Å². The van der Waals surface area contributed by atoms with Crippen molar-refractivity contribution in [2.75, 3.05) is 39.8 Å². The van der Waals surface area contributed by atoms with Crippen molar-refractivity contribution in [2.45, 2.75) is 49.8 Å². The van der Waals surface area contributed by atoms with Gasteiger partial charge in [0.1, 0.15) is 11.6 Å². The lowest BCUT2D eigenvalue weighted by Gasteiger charge is -2.58. The fraction of sp³-hybridized carbons (Fsp3) is 0.938. The number of ether oxygens (including phenoxy) is 1. The van der Waals surface area contributed by atoms with E-state index < -0.39 is 0 Å². The molecule has 118 valence electrons. The number of rotatable bonds is 4. The zero-order valence-electron chi connectivity index (χ0n) is 13.0. The van der Waals surface area contributed by atoms with Gasteiger partial charge in [-0.1, -0.05) is 6.42 Å². The number of likely N-dealkylation sites (N-methyl/N-ethyl adjacent to an activating group) is 1. The van der Waals surface area contributed by atoms with E-state index in [9.17, 15) is 4.79 Å². The molecule has 1 spiro atoms. The summed E-state index contributed by atoms with van der Waals surface area (Å²) >= 11 is 0. The molecule has 2 saturated carbocycles. The molecule has 5 heteroatoms. The lowest BCUT2D eigenvalue weighted by Crippen LogP contribution is -2.74. The largest absolute Gasteiger partial charge is 0.369 e. The van der Waals surface area contributed by atoms with Crippen LogP contribution >= 0.6 is 0 Å². The van der Waals surface area contributed by atoms with E-state index in [4.69, 9.17) is 4.74 Å². The molecule has 1 N–H and O–H groups in total. The fourth-order valence-electron chi connectivity index (χ4n) is 4.01. The third-order valence-corrected chi connectivity index (χ3v) is 5.79. The van der Waals surface area contributed by atoms with Crippen LogP contribution in [0.2, 0.25) is 0 Å². The summed E-state index contributed by atoms with van der Waals surface area (Å²) in [6, 6.07) is 0.728. The molecule has 0 bridgehead atoms. The van der Waals surface area contributed by atoms with Gasteiger partial charge in [0.15, 0.2) is 0 Å². The minimum absolute atomic E-state index is 0.00893. The van der Waals surface area contributed by atoms with Crippen LogP contribution in [0.5, 0.6) is 0 Å². The van der Waals surface area contributed by atoms with Gasteiger partial charge in [0, 0.05) is 39.3 Å². The average molecular weight is 293 g/mol. The molecule has 2 saturated heterocycles. The van der Waals surface area contributed by atoms with E-state index in [2.05, 4.69) is 15.1 Å². The van der Waals surface area contributed by atoms with Crippen molar-refractivity contribution in [3.05, 3.63) is 0 Å². The predicted octanol–water partition coefficient (Wildman–Crippen LogP) is 0.450. The normalized spacial score (nSPS) is 33.5. The van der Waals surface area contributed by atoms with Gasteiger partial charge in [-0.3, -0.25) is 14.6 Å². The van der Waals surface area contributed by atoms with E-state index in [1.165, 1.54) is 32.1 Å². The molecular formula is C16H27N3O2. The Morgan fingerprint density at radius 3 is 2.57 bits per heavy atom. The van der Waals surface area contributed by atoms with Crippen molar-refractivity contribution in [1.29, 1.82) is 0 Å². The van der Waals surface area contributed by atoms with E-state index in [1.54, 1.807) is 7.05 Å². The predicted molar refractivity (Wildman–Crippen MR) is 80.0 cm³/mol. The first-order chi connectivity index (χ1) is 10.2. The minimum atomic E-state index is -0.0843. The fourth-order valence-corrected chi connectivity index (χ4v) is 4.01. The van der Waals surface area contributed by atoms with Gasteiger partial charge in [-0.25, -0.2) is 0 Å². The van der Waals surface area contributed by atoms with E-state index in [-0.39, 0.29) is 17.6 Å². The molecule has 21 heavy (non-hydrogen) atoms. The van der Waals surface area contributed by atoms with Crippen LogP contribution in [0.3, 0.4) is 0 Å². The molecule has 2 heterocycles. The second-order valence-corrected chi connectivity index (χ2v) is 7.49. The monoisotopic (exact) mass is 293 g/mol. The molecule has 0 aromatic carbocycles. The first-order valence-corrected chi connectivity index (χ1v) is 8.53. The maximum absolute atomic E-state index is 12.1. The second-order valence-electron chi connectivity index (χ2n) is 7.49. The van der Waals surface area contributed by atoms with Crippen LogP contribution in [0.1, 0.15) is 32.1 Å². The van der Waals surface area contributed by atoms with Crippen LogP contribution < -0.4 is 5.32 Å². The van der Waals surface area contributed by atoms with Gasteiger partial charge < -0.3 is 10.1 Å². The maximum atomic E-state index is 12.1. The number of hydrogen-bond donors (Lipinski definition) is 1. The lowest BCUT2D eigenvalue weighted by molar-refractivity contribution is -0.212. The molecule has 1 amide bonds. The molecule has 0 radical (unpaired) electrons. The van der Waals surface area contributed by atoms with Gasteiger partial charge in [0.05, 0.1) is 6.61 Å². The SMILES string of the molecule is CNC(=O)C1COC2(CN(C3CCC3)C2)CN1CC1CC1. The number of likely N-dealkylation sites (tertiary alicyclic amines) is 1. The zero-order chi connectivity index (χ0) is 14.4. The van der Waals surface area contributed by atoms with Crippen LogP contribution in [0.25, 0.3) is 0 Å². The first kappa shape index (κ1) is 14.0. The molecule has 4 fully saturated rings. The zero-order valence-corrected chi connectivity index (χ0v) is 13.0. The van der Waals surface area contributed by atoms with E-state index in [0.717, 1.165) is 38.1 Å². The third kappa shape index (κ3) is 2.60. The highest BCUT2D eigenvalue weighted by Crippen LogP contribution is 2.39. The summed E-state index contributed by atoms with van der Waals surface area (Å²) in [5.41, 5.74) is 0.00893. The Bertz CT molecular complexity index is 414. The van der Waals surface area contributed by atoms with Crippen LogP contribution in [-0.2, 0) is 9.53 Å². The Morgan fingerprint density at radius 2 is 2.00 bits per heavy atom. The second kappa shape index (κ2) is 5.21. The van der Waals surface area contributed by atoms with Gasteiger partial charge in [-0.05, 0) is 31.6 Å². The van der Waals surface area contributed by atoms with Crippen LogP contribution in [0, 0.1) is 5.92 Å². The molecule has 5 nitrogen and oxygen atoms in total. The maximum Gasteiger partial charge on any atom is 0.239 e. The third-order valence-electron chi connectivity index (χ3n) is 5.79. The molecule has 1 unspecified atom stereocenters. The molecule has 2 aliphatic carbocycles. The van der Waals surface area contributed by atoms with E-state index in [1.807, 2.05) is 0 Å². The number of hydrogen-bond acceptors (Lipinski definition) is 4. The quantitative estimate of drug-likeness (QED) is 0.817. The Kier molecular flexibility index (Phi) is 3.47. The number of morpholine rings is 1. The topological polar surface area (TPSA) is 44.8 Å². The van der Waals surface area contributed by atoms with Crippen LogP contribution in [0.4, 0.5) is 0 Å². The Labute approximate surface area is 127 Å². The first-order valence-electron chi connectivity index (χ1n) is 8.53. The standard InChI is InChI=1S/C16H27N3O2/c1-17-15(20)14-8-21-16(9-18(14)7-12-5-6-12)10-19(11-16)13-3-2-4-13/h12-14H,2-11H2,1H3,(H,17,20). The summed E-state index contributed by atoms with van der Waals surface area (Å²) in [4.78, 5) is 17.1. The van der Waals surface area contributed by atoms with E-state index in [0.29, 0.717) is 6.61 Å². The Hall–Kier alpha value is -0.650. The Balaban J connectivity index is 1.39. The van der Waals surface area contributed by atoms with Crippen molar-refractivity contribution in [3.8, 4) is 0 Å². The summed E-state index contributed by atoms with van der Waals surface area (Å²) in [6.07, 6.45) is 6.78. The molecule has 0 aromatic heterocycles. The highest BCUT2D eigenvalue weighted by molar-refractivity contribution is 5.81. The van der Waals surface area contributed by atoms with Crippen molar-refractivity contribution in [1.82, 2.24) is 15.1 Å². The van der Waals surface area contributed by atoms with Crippen molar-refractivity contribution < 1.29 is 9.53 Å². The number of carbonyl (C=O) groups is 1. The lowest BCUT2D eigenvalue weighted by atomic mass is 9.83. The highest BCUT2D eigenvalue weighted by atomic mass is 16.5. The van der Waals surface area contributed by atoms with Gasteiger partial charge in [0.25, 0.3) is 0 Å². The van der Waals surface area contributed by atoms with Gasteiger partial charge in [-0.15, -0.1) is 0 Å². The molecule has 4 aliphatic rings. The van der Waals surface area contributed by atoms with Crippen LogP contribution in [0.15, 0.2) is 0 Å². The minimum Gasteiger partial charge on any atom is -0.369 e. The number of nitrogens with zero attached hydrogens (tertiary/aromatic N) is 2. The summed E-state index contributed by atoms with van der Waals surface area (Å²) in [5.74, 6) is 0.927. The van der Waals surface area contributed by atoms with Crippen LogP contribution in [-0.4, -0.2) is 73.2 Å². The summed E-state index contributed by atoms with van der Waals surface area (Å²) in [7, 11) is 1.73. The van der Waals surface area contributed by atoms with Crippen molar-refractivity contribution in [3.63, 3.8) is 0 Å². The molecule has 2 aliphatic heterocycles. The average Bonchev–Trinajstić information content (AvgIpc) is 3.18. The van der Waals surface area contributed by atoms with Crippen molar-refractivity contribution >= 4 is 5.91 Å². The summed E-state index contributed by atoms with van der Waals surface area (Å²) < 4.78 is 6.17. The smallest absolute Gasteiger partial charge is 0.239 e. The number of nitrogens with one attached hydrogen (secondary N) is 1. The number of carbonyl (C=O) groups excluding carboxylic acids is 1. The Morgan fingerprint density at radius 1 is 1.24 bits per heavy atom. The summed E-state index contributed by atoms with van der Waals surface area (Å²) in [5, 5.41) is 2.80. The van der Waals surface area contributed by atoms with Crippen molar-refractivity contribution in [2.24, 2.45) is 5.92 Å². The van der Waals surface area contributed by atoms with Gasteiger partial charge in [-0.2, -0.15) is 0 Å².